The van der Waals surface area contributed by atoms with Crippen molar-refractivity contribution in [2.24, 2.45) is 29.6 Å². The lowest BCUT2D eigenvalue weighted by Crippen LogP contribution is -2.56. The van der Waals surface area contributed by atoms with E-state index in [1.165, 1.54) is 37.7 Å². The van der Waals surface area contributed by atoms with Gasteiger partial charge in [-0.3, -0.25) is 9.59 Å². The third kappa shape index (κ3) is 2.88. The molecule has 1 aliphatic heterocycles. The van der Waals surface area contributed by atoms with Crippen LogP contribution in [-0.4, -0.2) is 24.4 Å². The van der Waals surface area contributed by atoms with Gasteiger partial charge in [-0.25, -0.2) is 0 Å². The van der Waals surface area contributed by atoms with E-state index < -0.39 is 0 Å². The molecule has 1 N–H and O–H groups in total. The van der Waals surface area contributed by atoms with Gasteiger partial charge in [0.25, 0.3) is 0 Å². The van der Waals surface area contributed by atoms with Gasteiger partial charge in [-0.15, -0.1) is 0 Å². The van der Waals surface area contributed by atoms with E-state index in [0.717, 1.165) is 23.1 Å². The number of rotatable bonds is 3. The number of carbonyl (C=O) groups is 2. The van der Waals surface area contributed by atoms with Crippen LogP contribution in [0.1, 0.15) is 49.7 Å². The average Bonchev–Trinajstić information content (AvgIpc) is 3.01. The third-order valence-corrected chi connectivity index (χ3v) is 7.90. The van der Waals surface area contributed by atoms with E-state index in [1.807, 2.05) is 17.0 Å². The second kappa shape index (κ2) is 6.35. The molecule has 0 radical (unpaired) electrons. The summed E-state index contributed by atoms with van der Waals surface area (Å²) in [5.41, 5.74) is 3.28. The van der Waals surface area contributed by atoms with Crippen molar-refractivity contribution in [3.63, 3.8) is 0 Å². The molecular formula is C23H30N2O2. The molecule has 4 saturated carbocycles. The fourth-order valence-corrected chi connectivity index (χ4v) is 6.59. The van der Waals surface area contributed by atoms with E-state index in [0.29, 0.717) is 30.8 Å². The highest BCUT2D eigenvalue weighted by atomic mass is 16.2. The number of aryl methyl sites for hydroxylation is 1. The fraction of sp³-hybridized carbons (Fsp3) is 0.652. The fourth-order valence-electron chi connectivity index (χ4n) is 6.59. The molecule has 27 heavy (non-hydrogen) atoms. The van der Waals surface area contributed by atoms with Crippen LogP contribution in [-0.2, 0) is 9.59 Å². The maximum Gasteiger partial charge on any atom is 0.227 e. The molecule has 1 saturated heterocycles. The first-order valence-electron chi connectivity index (χ1n) is 10.7. The Labute approximate surface area is 161 Å². The lowest BCUT2D eigenvalue weighted by Gasteiger charge is -2.54. The van der Waals surface area contributed by atoms with Gasteiger partial charge in [0.1, 0.15) is 0 Å². The third-order valence-electron chi connectivity index (χ3n) is 7.90. The Morgan fingerprint density at radius 2 is 1.70 bits per heavy atom. The van der Waals surface area contributed by atoms with E-state index >= 15 is 0 Å². The van der Waals surface area contributed by atoms with Crippen molar-refractivity contribution < 1.29 is 9.59 Å². The van der Waals surface area contributed by atoms with E-state index in [9.17, 15) is 9.59 Å². The Kier molecular flexibility index (Phi) is 4.06. The van der Waals surface area contributed by atoms with E-state index in [-0.39, 0.29) is 17.7 Å². The molecule has 0 aromatic heterocycles. The van der Waals surface area contributed by atoms with Gasteiger partial charge in [-0.05, 0) is 86.8 Å². The largest absolute Gasteiger partial charge is 0.353 e. The van der Waals surface area contributed by atoms with Gasteiger partial charge in [0.2, 0.25) is 11.8 Å². The zero-order valence-electron chi connectivity index (χ0n) is 16.4. The number of nitrogens with one attached hydrogen (secondary N) is 1. The summed E-state index contributed by atoms with van der Waals surface area (Å²) in [5, 5.41) is 3.40. The van der Waals surface area contributed by atoms with Crippen LogP contribution in [0.2, 0.25) is 0 Å². The van der Waals surface area contributed by atoms with Crippen molar-refractivity contribution >= 4 is 17.5 Å². The first-order chi connectivity index (χ1) is 13.0. The lowest BCUT2D eigenvalue weighted by atomic mass is 9.54. The molecule has 4 bridgehead atoms. The highest BCUT2D eigenvalue weighted by Gasteiger charge is 2.49. The van der Waals surface area contributed by atoms with Gasteiger partial charge in [0.05, 0.1) is 5.92 Å². The standard InChI is InChI=1S/C23H30N2O2/c1-13-4-3-5-20(14(13)2)25-12-19(11-21(25)26)23(27)24-22-17-7-15-6-16(9-17)10-18(22)8-15/h3-5,15-19,22H,6-12H2,1-2H3,(H,24,27). The summed E-state index contributed by atoms with van der Waals surface area (Å²) in [4.78, 5) is 27.5. The average molecular weight is 367 g/mol. The van der Waals surface area contributed by atoms with Gasteiger partial charge in [0, 0.05) is 24.7 Å². The Balaban J connectivity index is 1.28. The SMILES string of the molecule is Cc1cccc(N2CC(C(=O)NC3C4CC5CC(C4)CC3C5)CC2=O)c1C. The normalized spacial score (nSPS) is 37.1. The molecular weight excluding hydrogens is 336 g/mol. The minimum absolute atomic E-state index is 0.0777. The Morgan fingerprint density at radius 3 is 2.37 bits per heavy atom. The summed E-state index contributed by atoms with van der Waals surface area (Å²) >= 11 is 0. The molecule has 1 unspecified atom stereocenters. The van der Waals surface area contributed by atoms with Crippen molar-refractivity contribution in [2.75, 3.05) is 11.4 Å². The molecule has 144 valence electrons. The van der Waals surface area contributed by atoms with Crippen LogP contribution in [0.25, 0.3) is 0 Å². The topological polar surface area (TPSA) is 49.4 Å². The Bertz CT molecular complexity index is 759. The number of anilines is 1. The quantitative estimate of drug-likeness (QED) is 0.889. The minimum Gasteiger partial charge on any atom is -0.353 e. The van der Waals surface area contributed by atoms with Crippen molar-refractivity contribution in [1.29, 1.82) is 0 Å². The number of nitrogens with zero attached hydrogens (tertiary/aromatic N) is 1. The van der Waals surface area contributed by atoms with Gasteiger partial charge in [-0.1, -0.05) is 12.1 Å². The molecule has 5 fully saturated rings. The Hall–Kier alpha value is -1.84. The molecule has 1 aromatic rings. The van der Waals surface area contributed by atoms with Crippen LogP contribution in [0, 0.1) is 43.4 Å². The van der Waals surface area contributed by atoms with Gasteiger partial charge < -0.3 is 10.2 Å². The molecule has 4 nitrogen and oxygen atoms in total. The number of benzene rings is 1. The molecule has 1 heterocycles. The monoisotopic (exact) mass is 366 g/mol. The zero-order valence-corrected chi connectivity index (χ0v) is 16.4. The van der Waals surface area contributed by atoms with Crippen LogP contribution in [0.4, 0.5) is 5.69 Å². The van der Waals surface area contributed by atoms with Crippen molar-refractivity contribution in [1.82, 2.24) is 5.32 Å². The van der Waals surface area contributed by atoms with Crippen molar-refractivity contribution in [2.45, 2.75) is 58.4 Å². The number of hydrogen-bond acceptors (Lipinski definition) is 2. The van der Waals surface area contributed by atoms with E-state index in [4.69, 9.17) is 0 Å². The van der Waals surface area contributed by atoms with Gasteiger partial charge >= 0.3 is 0 Å². The summed E-state index contributed by atoms with van der Waals surface area (Å²) in [6, 6.07) is 6.41. The summed E-state index contributed by atoms with van der Waals surface area (Å²) in [6.07, 6.45) is 6.97. The smallest absolute Gasteiger partial charge is 0.227 e. The molecule has 1 aromatic carbocycles. The van der Waals surface area contributed by atoms with Crippen LogP contribution in [0.15, 0.2) is 18.2 Å². The highest BCUT2D eigenvalue weighted by Crippen LogP contribution is 2.53. The maximum atomic E-state index is 13.0. The molecule has 5 aliphatic rings. The van der Waals surface area contributed by atoms with Crippen molar-refractivity contribution in [3.05, 3.63) is 29.3 Å². The minimum atomic E-state index is -0.213. The number of carbonyl (C=O) groups excluding carboxylic acids is 2. The maximum absolute atomic E-state index is 13.0. The van der Waals surface area contributed by atoms with E-state index in [2.05, 4.69) is 25.2 Å². The predicted octanol–water partition coefficient (Wildman–Crippen LogP) is 3.60. The molecule has 0 spiro atoms. The second-order valence-corrected chi connectivity index (χ2v) is 9.59. The van der Waals surface area contributed by atoms with Crippen LogP contribution < -0.4 is 10.2 Å². The molecule has 4 heteroatoms. The van der Waals surface area contributed by atoms with E-state index in [1.54, 1.807) is 0 Å². The summed E-state index contributed by atoms with van der Waals surface area (Å²) in [7, 11) is 0. The first-order valence-corrected chi connectivity index (χ1v) is 10.7. The zero-order chi connectivity index (χ0) is 18.7. The first kappa shape index (κ1) is 17.3. The molecule has 1 atom stereocenters. The van der Waals surface area contributed by atoms with Crippen LogP contribution in [0.5, 0.6) is 0 Å². The predicted molar refractivity (Wildman–Crippen MR) is 105 cm³/mol. The van der Waals surface area contributed by atoms with Crippen LogP contribution in [0.3, 0.4) is 0 Å². The summed E-state index contributed by atoms with van der Waals surface area (Å²) in [5.74, 6) is 3.15. The summed E-state index contributed by atoms with van der Waals surface area (Å²) in [6.45, 7) is 4.64. The van der Waals surface area contributed by atoms with Crippen LogP contribution >= 0.6 is 0 Å². The number of hydrogen-bond donors (Lipinski definition) is 1. The molecule has 2 amide bonds. The summed E-state index contributed by atoms with van der Waals surface area (Å²) < 4.78 is 0. The van der Waals surface area contributed by atoms with Crippen molar-refractivity contribution in [3.8, 4) is 0 Å². The van der Waals surface area contributed by atoms with Gasteiger partial charge in [-0.2, -0.15) is 0 Å². The number of amides is 2. The lowest BCUT2D eigenvalue weighted by molar-refractivity contribution is -0.129. The second-order valence-electron chi connectivity index (χ2n) is 9.59. The Morgan fingerprint density at radius 1 is 1.04 bits per heavy atom. The molecule has 4 aliphatic carbocycles. The van der Waals surface area contributed by atoms with Gasteiger partial charge in [0.15, 0.2) is 0 Å². The highest BCUT2D eigenvalue weighted by molar-refractivity contribution is 6.01. The molecule has 6 rings (SSSR count).